The largest absolute Gasteiger partial charge is 0.379 e. The predicted octanol–water partition coefficient (Wildman–Crippen LogP) is 1.12. The average molecular weight is 252 g/mol. The zero-order chi connectivity index (χ0) is 13.2. The van der Waals surface area contributed by atoms with Crippen molar-refractivity contribution >= 4 is 5.91 Å². The second kappa shape index (κ2) is 5.04. The van der Waals surface area contributed by atoms with Crippen molar-refractivity contribution in [1.82, 2.24) is 5.32 Å². The maximum Gasteiger partial charge on any atom is 0.243 e. The molecule has 5 heteroatoms. The van der Waals surface area contributed by atoms with Crippen molar-refractivity contribution in [2.75, 3.05) is 13.2 Å². The number of rotatable bonds is 3. The highest BCUT2D eigenvalue weighted by Crippen LogP contribution is 2.20. The summed E-state index contributed by atoms with van der Waals surface area (Å²) >= 11 is 0. The molecule has 1 aromatic carbocycles. The fraction of sp³-hybridized carbons (Fsp3) is 0.462. The lowest BCUT2D eigenvalue weighted by atomic mass is 9.98. The number of carbonyl (C=O) groups excluding carboxylic acids is 1. The quantitative estimate of drug-likeness (QED) is 0.847. The van der Waals surface area contributed by atoms with E-state index in [9.17, 15) is 9.18 Å². The Hall–Kier alpha value is -1.46. The van der Waals surface area contributed by atoms with Gasteiger partial charge in [-0.1, -0.05) is 18.2 Å². The van der Waals surface area contributed by atoms with Gasteiger partial charge in [0.25, 0.3) is 0 Å². The van der Waals surface area contributed by atoms with E-state index in [4.69, 9.17) is 10.5 Å². The summed E-state index contributed by atoms with van der Waals surface area (Å²) < 4.78 is 18.7. The van der Waals surface area contributed by atoms with Gasteiger partial charge in [0.15, 0.2) is 0 Å². The number of benzene rings is 1. The van der Waals surface area contributed by atoms with E-state index in [0.29, 0.717) is 18.6 Å². The molecule has 1 aliphatic rings. The Bertz CT molecular complexity index is 444. The van der Waals surface area contributed by atoms with Crippen molar-refractivity contribution in [2.45, 2.75) is 24.9 Å². The van der Waals surface area contributed by atoms with Crippen LogP contribution in [-0.2, 0) is 9.53 Å². The Labute approximate surface area is 105 Å². The average Bonchev–Trinajstić information content (AvgIpc) is 2.78. The van der Waals surface area contributed by atoms with Crippen molar-refractivity contribution < 1.29 is 13.9 Å². The molecule has 1 unspecified atom stereocenters. The van der Waals surface area contributed by atoms with Gasteiger partial charge >= 0.3 is 0 Å². The van der Waals surface area contributed by atoms with E-state index in [1.807, 2.05) is 0 Å². The number of nitrogens with one attached hydrogen (secondary N) is 1. The second-order valence-corrected chi connectivity index (χ2v) is 4.68. The van der Waals surface area contributed by atoms with Crippen LogP contribution in [-0.4, -0.2) is 24.7 Å². The summed E-state index contributed by atoms with van der Waals surface area (Å²) in [6.45, 7) is 2.43. The van der Waals surface area contributed by atoms with Crippen LogP contribution in [0.1, 0.15) is 24.9 Å². The molecule has 2 rings (SSSR count). The van der Waals surface area contributed by atoms with E-state index in [2.05, 4.69) is 5.32 Å². The van der Waals surface area contributed by atoms with Crippen molar-refractivity contribution in [1.29, 1.82) is 0 Å². The van der Waals surface area contributed by atoms with Crippen molar-refractivity contribution in [3.05, 3.63) is 35.6 Å². The summed E-state index contributed by atoms with van der Waals surface area (Å²) in [4.78, 5) is 12.0. The number of hydrogen-bond acceptors (Lipinski definition) is 3. The number of amides is 1. The molecule has 1 heterocycles. The molecule has 3 N–H and O–H groups in total. The van der Waals surface area contributed by atoms with Crippen molar-refractivity contribution in [2.24, 2.45) is 5.73 Å². The third-order valence-electron chi connectivity index (χ3n) is 3.22. The first-order chi connectivity index (χ1) is 8.53. The van der Waals surface area contributed by atoms with Gasteiger partial charge in [-0.25, -0.2) is 4.39 Å². The van der Waals surface area contributed by atoms with Gasteiger partial charge < -0.3 is 15.8 Å². The molecule has 18 heavy (non-hydrogen) atoms. The van der Waals surface area contributed by atoms with Gasteiger partial charge in [0.05, 0.1) is 12.6 Å². The molecular formula is C13H17FN2O2. The lowest BCUT2D eigenvalue weighted by Crippen LogP contribution is -2.55. The number of hydrogen-bond donors (Lipinski definition) is 2. The molecule has 98 valence electrons. The molecule has 0 spiro atoms. The van der Waals surface area contributed by atoms with Gasteiger partial charge in [-0.2, -0.15) is 0 Å². The molecule has 1 aromatic rings. The molecule has 0 aliphatic carbocycles. The maximum atomic E-state index is 13.6. The fourth-order valence-corrected chi connectivity index (χ4v) is 2.00. The van der Waals surface area contributed by atoms with E-state index in [1.165, 1.54) is 6.07 Å². The van der Waals surface area contributed by atoms with Gasteiger partial charge in [-0.3, -0.25) is 4.79 Å². The number of carbonyl (C=O) groups is 1. The van der Waals surface area contributed by atoms with Crippen molar-refractivity contribution in [3.63, 3.8) is 0 Å². The zero-order valence-electron chi connectivity index (χ0n) is 10.3. The predicted molar refractivity (Wildman–Crippen MR) is 65.3 cm³/mol. The summed E-state index contributed by atoms with van der Waals surface area (Å²) in [7, 11) is 0. The molecule has 1 amide bonds. The first-order valence-corrected chi connectivity index (χ1v) is 5.95. The summed E-state index contributed by atoms with van der Waals surface area (Å²) in [6.07, 6.45) is 0.489. The van der Waals surface area contributed by atoms with E-state index in [1.54, 1.807) is 25.1 Å². The molecular weight excluding hydrogens is 235 g/mol. The van der Waals surface area contributed by atoms with E-state index in [0.717, 1.165) is 0 Å². The molecule has 1 fully saturated rings. The Kier molecular flexibility index (Phi) is 3.63. The van der Waals surface area contributed by atoms with Crippen LogP contribution >= 0.6 is 0 Å². The van der Waals surface area contributed by atoms with Crippen LogP contribution in [0.15, 0.2) is 24.3 Å². The molecule has 0 aromatic heterocycles. The minimum Gasteiger partial charge on any atom is -0.379 e. The Balaban J connectivity index is 2.06. The number of nitrogens with two attached hydrogens (primary N) is 1. The SMILES string of the molecule is C[C@@H](NC(=O)C1(N)CCOC1)c1ccccc1F. The van der Waals surface area contributed by atoms with Gasteiger partial charge in [-0.05, 0) is 19.4 Å². The number of ether oxygens (including phenoxy) is 1. The molecule has 1 saturated heterocycles. The summed E-state index contributed by atoms with van der Waals surface area (Å²) in [5.74, 6) is -0.630. The Morgan fingerprint density at radius 2 is 2.28 bits per heavy atom. The van der Waals surface area contributed by atoms with Gasteiger partial charge in [-0.15, -0.1) is 0 Å². The van der Waals surface area contributed by atoms with Gasteiger partial charge in [0.1, 0.15) is 11.4 Å². The molecule has 4 nitrogen and oxygen atoms in total. The van der Waals surface area contributed by atoms with Crippen LogP contribution in [0.2, 0.25) is 0 Å². The standard InChI is InChI=1S/C13H17FN2O2/c1-9(10-4-2-3-5-11(10)14)16-12(17)13(15)6-7-18-8-13/h2-5,9H,6-8,15H2,1H3,(H,16,17)/t9-,13?/m1/s1. The summed E-state index contributed by atoms with van der Waals surface area (Å²) in [5, 5.41) is 2.74. The monoisotopic (exact) mass is 252 g/mol. The normalized spacial score (nSPS) is 24.8. The molecule has 1 aliphatic heterocycles. The van der Waals surface area contributed by atoms with E-state index in [-0.39, 0.29) is 18.3 Å². The van der Waals surface area contributed by atoms with E-state index < -0.39 is 11.6 Å². The fourth-order valence-electron chi connectivity index (χ4n) is 2.00. The van der Waals surface area contributed by atoms with Crippen LogP contribution in [0.5, 0.6) is 0 Å². The number of halogens is 1. The van der Waals surface area contributed by atoms with E-state index >= 15 is 0 Å². The molecule has 0 bridgehead atoms. The van der Waals surface area contributed by atoms with Gasteiger partial charge in [0, 0.05) is 12.2 Å². The molecule has 0 radical (unpaired) electrons. The zero-order valence-corrected chi connectivity index (χ0v) is 10.3. The van der Waals surface area contributed by atoms with Crippen LogP contribution in [0.25, 0.3) is 0 Å². The summed E-state index contributed by atoms with van der Waals surface area (Å²) in [6, 6.07) is 5.95. The van der Waals surface area contributed by atoms with Crippen LogP contribution in [0, 0.1) is 5.82 Å². The second-order valence-electron chi connectivity index (χ2n) is 4.68. The highest BCUT2D eigenvalue weighted by atomic mass is 19.1. The smallest absolute Gasteiger partial charge is 0.243 e. The lowest BCUT2D eigenvalue weighted by Gasteiger charge is -2.24. The van der Waals surface area contributed by atoms with Crippen LogP contribution in [0.4, 0.5) is 4.39 Å². The Morgan fingerprint density at radius 3 is 2.89 bits per heavy atom. The minimum atomic E-state index is -0.987. The topological polar surface area (TPSA) is 64.4 Å². The van der Waals surface area contributed by atoms with Crippen molar-refractivity contribution in [3.8, 4) is 0 Å². The third-order valence-corrected chi connectivity index (χ3v) is 3.22. The Morgan fingerprint density at radius 1 is 1.56 bits per heavy atom. The third kappa shape index (κ3) is 2.52. The summed E-state index contributed by atoms with van der Waals surface area (Å²) in [5.41, 5.74) is 5.40. The molecule has 2 atom stereocenters. The minimum absolute atomic E-state index is 0.211. The van der Waals surface area contributed by atoms with Crippen LogP contribution in [0.3, 0.4) is 0 Å². The maximum absolute atomic E-state index is 13.6. The van der Waals surface area contributed by atoms with Gasteiger partial charge in [0.2, 0.25) is 5.91 Å². The highest BCUT2D eigenvalue weighted by Gasteiger charge is 2.38. The molecule has 0 saturated carbocycles. The lowest BCUT2D eigenvalue weighted by molar-refractivity contribution is -0.127. The highest BCUT2D eigenvalue weighted by molar-refractivity contribution is 5.86. The van der Waals surface area contributed by atoms with Crippen LogP contribution < -0.4 is 11.1 Å². The first kappa shape index (κ1) is 13.0. The first-order valence-electron chi connectivity index (χ1n) is 5.95.